The van der Waals surface area contributed by atoms with Crippen molar-refractivity contribution in [3.63, 3.8) is 0 Å². The molecule has 2 aromatic rings. The SMILES string of the molecule is CCCCCCCCCCCCCCCCCCNC(=O)c1cc(OCSCC(=O)O)c2ccccc2c1O. The van der Waals surface area contributed by atoms with Gasteiger partial charge in [-0.15, -0.1) is 11.8 Å². The van der Waals surface area contributed by atoms with Gasteiger partial charge in [-0.3, -0.25) is 9.59 Å². The van der Waals surface area contributed by atoms with Gasteiger partial charge in [0.05, 0.1) is 11.3 Å². The summed E-state index contributed by atoms with van der Waals surface area (Å²) < 4.78 is 5.76. The molecule has 0 spiro atoms. The molecule has 1 amide bonds. The number of aromatic hydroxyl groups is 1. The molecule has 6 nitrogen and oxygen atoms in total. The second-order valence-corrected chi connectivity index (χ2v) is 11.3. The Bertz CT molecular complexity index is 980. The number of aliphatic carboxylic acids is 1. The van der Waals surface area contributed by atoms with Crippen LogP contribution in [0.2, 0.25) is 0 Å². The molecule has 0 fully saturated rings. The Morgan fingerprint density at radius 3 is 1.85 bits per heavy atom. The van der Waals surface area contributed by atoms with E-state index in [1.807, 2.05) is 12.1 Å². The van der Waals surface area contributed by atoms with E-state index in [1.165, 1.54) is 89.9 Å². The van der Waals surface area contributed by atoms with Gasteiger partial charge >= 0.3 is 5.97 Å². The fourth-order valence-electron chi connectivity index (χ4n) is 4.82. The zero-order valence-corrected chi connectivity index (χ0v) is 24.7. The van der Waals surface area contributed by atoms with Crippen molar-refractivity contribution in [2.75, 3.05) is 18.2 Å². The summed E-state index contributed by atoms with van der Waals surface area (Å²) in [6.07, 6.45) is 20.9. The Kier molecular flexibility index (Phi) is 17.2. The molecule has 2 aromatic carbocycles. The van der Waals surface area contributed by atoms with Crippen LogP contribution in [0.1, 0.15) is 120 Å². The van der Waals surface area contributed by atoms with Crippen LogP contribution in [0.25, 0.3) is 10.8 Å². The first kappa shape index (κ1) is 32.8. The minimum Gasteiger partial charge on any atom is -0.506 e. The molecule has 3 N–H and O–H groups in total. The van der Waals surface area contributed by atoms with Crippen LogP contribution < -0.4 is 10.1 Å². The van der Waals surface area contributed by atoms with Gasteiger partial charge in [-0.2, -0.15) is 0 Å². The topological polar surface area (TPSA) is 95.9 Å². The maximum atomic E-state index is 12.8. The number of thioether (sulfide) groups is 1. The van der Waals surface area contributed by atoms with Crippen molar-refractivity contribution in [1.29, 1.82) is 0 Å². The number of carbonyl (C=O) groups excluding carboxylic acids is 1. The molecule has 0 heterocycles. The monoisotopic (exact) mass is 559 g/mol. The fraction of sp³-hybridized carbons (Fsp3) is 0.625. The Labute approximate surface area is 239 Å². The number of phenolic OH excluding ortho intramolecular Hbond substituents is 1. The molecule has 0 aliphatic heterocycles. The summed E-state index contributed by atoms with van der Waals surface area (Å²) in [5, 5.41) is 23.7. The third-order valence-electron chi connectivity index (χ3n) is 7.06. The lowest BCUT2D eigenvalue weighted by Crippen LogP contribution is -2.24. The summed E-state index contributed by atoms with van der Waals surface area (Å²) in [6.45, 7) is 2.83. The summed E-state index contributed by atoms with van der Waals surface area (Å²) >= 11 is 1.13. The number of benzene rings is 2. The molecule has 0 saturated carbocycles. The highest BCUT2D eigenvalue weighted by molar-refractivity contribution is 7.99. The molecule has 0 atom stereocenters. The van der Waals surface area contributed by atoms with Crippen LogP contribution in [0.5, 0.6) is 11.5 Å². The summed E-state index contributed by atoms with van der Waals surface area (Å²) in [5.74, 6) is -0.783. The Hall–Kier alpha value is -2.41. The lowest BCUT2D eigenvalue weighted by atomic mass is 10.0. The predicted molar refractivity (Wildman–Crippen MR) is 163 cm³/mol. The van der Waals surface area contributed by atoms with Crippen LogP contribution in [0.15, 0.2) is 30.3 Å². The first-order chi connectivity index (χ1) is 19.0. The van der Waals surface area contributed by atoms with Crippen LogP contribution in [-0.4, -0.2) is 40.3 Å². The normalized spacial score (nSPS) is 11.1. The van der Waals surface area contributed by atoms with Gasteiger partial charge in [0.1, 0.15) is 17.4 Å². The Morgan fingerprint density at radius 2 is 1.31 bits per heavy atom. The summed E-state index contributed by atoms with van der Waals surface area (Å²) in [5.41, 5.74) is 0.170. The first-order valence-corrected chi connectivity index (χ1v) is 16.1. The minimum atomic E-state index is -0.909. The lowest BCUT2D eigenvalue weighted by Gasteiger charge is -2.14. The zero-order chi connectivity index (χ0) is 28.1. The zero-order valence-electron chi connectivity index (χ0n) is 23.8. The average molecular weight is 560 g/mol. The first-order valence-electron chi connectivity index (χ1n) is 15.0. The van der Waals surface area contributed by atoms with E-state index in [1.54, 1.807) is 18.2 Å². The summed E-state index contributed by atoms with van der Waals surface area (Å²) in [6, 6.07) is 8.72. The number of ether oxygens (including phenoxy) is 1. The second-order valence-electron chi connectivity index (χ2n) is 10.4. The number of carboxylic acids is 1. The molecular weight excluding hydrogens is 510 g/mol. The summed E-state index contributed by atoms with van der Waals surface area (Å²) in [4.78, 5) is 23.6. The molecule has 0 saturated heterocycles. The summed E-state index contributed by atoms with van der Waals surface area (Å²) in [7, 11) is 0. The van der Waals surface area contributed by atoms with Gasteiger partial charge in [0.25, 0.3) is 5.91 Å². The number of hydrogen-bond donors (Lipinski definition) is 3. The van der Waals surface area contributed by atoms with Crippen LogP contribution >= 0.6 is 11.8 Å². The second kappa shape index (κ2) is 20.5. The largest absolute Gasteiger partial charge is 0.506 e. The molecule has 218 valence electrons. The number of phenols is 1. The fourth-order valence-corrected chi connectivity index (χ4v) is 5.29. The van der Waals surface area contributed by atoms with Gasteiger partial charge in [-0.1, -0.05) is 128 Å². The van der Waals surface area contributed by atoms with E-state index >= 15 is 0 Å². The van der Waals surface area contributed by atoms with E-state index in [-0.39, 0.29) is 28.9 Å². The maximum absolute atomic E-state index is 12.8. The van der Waals surface area contributed by atoms with Gasteiger partial charge in [-0.05, 0) is 12.5 Å². The molecule has 0 aliphatic rings. The highest BCUT2D eigenvalue weighted by Crippen LogP contribution is 2.36. The highest BCUT2D eigenvalue weighted by Gasteiger charge is 2.17. The van der Waals surface area contributed by atoms with Gasteiger partial charge in [0.2, 0.25) is 0 Å². The molecule has 0 aromatic heterocycles. The average Bonchev–Trinajstić information content (AvgIpc) is 2.93. The standard InChI is InChI=1S/C32H49NO5S/c1-2-3-4-5-6-7-8-9-10-11-12-13-14-15-16-19-22-33-32(37)28-23-29(38-25-39-24-30(34)35)26-20-17-18-21-27(26)31(28)36/h17-18,20-21,23,36H,2-16,19,22,24-25H2,1H3,(H,33,37)(H,34,35). The quantitative estimate of drug-likeness (QED) is 0.0931. The van der Waals surface area contributed by atoms with Crippen molar-refractivity contribution in [2.24, 2.45) is 0 Å². The van der Waals surface area contributed by atoms with Crippen LogP contribution in [0, 0.1) is 0 Å². The Balaban J connectivity index is 1.60. The van der Waals surface area contributed by atoms with E-state index in [2.05, 4.69) is 12.2 Å². The highest BCUT2D eigenvalue weighted by atomic mass is 32.2. The number of rotatable bonds is 23. The van der Waals surface area contributed by atoms with Crippen LogP contribution in [0.4, 0.5) is 0 Å². The third kappa shape index (κ3) is 13.5. The molecule has 0 unspecified atom stereocenters. The molecule has 2 rings (SSSR count). The number of fused-ring (bicyclic) bond motifs is 1. The van der Waals surface area contributed by atoms with E-state index < -0.39 is 5.97 Å². The Morgan fingerprint density at radius 1 is 0.795 bits per heavy atom. The van der Waals surface area contributed by atoms with E-state index in [4.69, 9.17) is 9.84 Å². The van der Waals surface area contributed by atoms with Crippen molar-refractivity contribution < 1.29 is 24.5 Å². The van der Waals surface area contributed by atoms with Crippen molar-refractivity contribution >= 4 is 34.4 Å². The van der Waals surface area contributed by atoms with Crippen LogP contribution in [-0.2, 0) is 4.79 Å². The lowest BCUT2D eigenvalue weighted by molar-refractivity contribution is -0.133. The van der Waals surface area contributed by atoms with Gasteiger partial charge < -0.3 is 20.3 Å². The predicted octanol–water partition coefficient (Wildman–Crippen LogP) is 8.69. The molecule has 0 bridgehead atoms. The van der Waals surface area contributed by atoms with E-state index in [0.717, 1.165) is 24.6 Å². The van der Waals surface area contributed by atoms with Crippen molar-refractivity contribution in [3.8, 4) is 11.5 Å². The number of unbranched alkanes of at least 4 members (excludes halogenated alkanes) is 15. The number of carboxylic acid groups (broad SMARTS) is 1. The molecule has 39 heavy (non-hydrogen) atoms. The maximum Gasteiger partial charge on any atom is 0.313 e. The van der Waals surface area contributed by atoms with Crippen molar-refractivity contribution in [3.05, 3.63) is 35.9 Å². The van der Waals surface area contributed by atoms with Crippen molar-refractivity contribution in [2.45, 2.75) is 110 Å². The third-order valence-corrected chi connectivity index (χ3v) is 7.80. The molecule has 0 aliphatic carbocycles. The minimum absolute atomic E-state index is 0.0668. The van der Waals surface area contributed by atoms with Gasteiger partial charge in [0.15, 0.2) is 0 Å². The number of amides is 1. The van der Waals surface area contributed by atoms with E-state index in [9.17, 15) is 14.7 Å². The number of nitrogens with one attached hydrogen (secondary N) is 1. The number of hydrogen-bond acceptors (Lipinski definition) is 5. The van der Waals surface area contributed by atoms with Gasteiger partial charge in [-0.25, -0.2) is 0 Å². The van der Waals surface area contributed by atoms with Gasteiger partial charge in [0, 0.05) is 17.3 Å². The molecule has 0 radical (unpaired) electrons. The van der Waals surface area contributed by atoms with E-state index in [0.29, 0.717) is 23.1 Å². The smallest absolute Gasteiger partial charge is 0.313 e. The number of carbonyl (C=O) groups is 2. The molecular formula is C32H49NO5S. The van der Waals surface area contributed by atoms with Crippen molar-refractivity contribution in [1.82, 2.24) is 5.32 Å². The van der Waals surface area contributed by atoms with Crippen LogP contribution in [0.3, 0.4) is 0 Å². The molecule has 7 heteroatoms.